The van der Waals surface area contributed by atoms with E-state index in [1.807, 2.05) is 6.92 Å². The second-order valence-electron chi connectivity index (χ2n) is 5.72. The molecule has 124 valence electrons. The summed E-state index contributed by atoms with van der Waals surface area (Å²) in [5.74, 6) is -0.732. The van der Waals surface area contributed by atoms with Crippen molar-refractivity contribution < 1.29 is 18.0 Å². The number of carbonyl (C=O) groups excluding carboxylic acids is 1. The number of alkyl halides is 3. The Labute approximate surface area is 127 Å². The average Bonchev–Trinajstić information content (AvgIpc) is 2.87. The van der Waals surface area contributed by atoms with Crippen molar-refractivity contribution in [2.24, 2.45) is 7.05 Å². The first kappa shape index (κ1) is 16.8. The van der Waals surface area contributed by atoms with Crippen molar-refractivity contribution in [1.29, 1.82) is 0 Å². The summed E-state index contributed by atoms with van der Waals surface area (Å²) in [5.41, 5.74) is -1.57. The molecule has 0 aliphatic carbocycles. The van der Waals surface area contributed by atoms with E-state index in [1.54, 1.807) is 0 Å². The minimum Gasteiger partial charge on any atom is -0.350 e. The summed E-state index contributed by atoms with van der Waals surface area (Å²) < 4.78 is 39.5. The van der Waals surface area contributed by atoms with Crippen LogP contribution < -0.4 is 5.32 Å². The first-order valence-electron chi connectivity index (χ1n) is 7.42. The van der Waals surface area contributed by atoms with Crippen molar-refractivity contribution in [1.82, 2.24) is 20.0 Å². The second kappa shape index (κ2) is 6.68. The van der Waals surface area contributed by atoms with Crippen LogP contribution in [0.2, 0.25) is 0 Å². The maximum Gasteiger partial charge on any atom is 0.435 e. The smallest absolute Gasteiger partial charge is 0.350 e. The van der Waals surface area contributed by atoms with E-state index in [4.69, 9.17) is 0 Å². The van der Waals surface area contributed by atoms with Gasteiger partial charge in [0, 0.05) is 25.8 Å². The molecule has 0 unspecified atom stereocenters. The lowest BCUT2D eigenvalue weighted by atomic mass is 10.1. The Hall–Kier alpha value is -1.57. The predicted molar refractivity (Wildman–Crippen MR) is 75.4 cm³/mol. The molecular formula is C14H21F3N4O. The summed E-state index contributed by atoms with van der Waals surface area (Å²) in [6.07, 6.45) is -0.0748. The summed E-state index contributed by atoms with van der Waals surface area (Å²) in [6.45, 7) is 4.24. The molecule has 1 aliphatic heterocycles. The molecule has 22 heavy (non-hydrogen) atoms. The van der Waals surface area contributed by atoms with E-state index in [2.05, 4.69) is 15.3 Å². The number of nitrogens with zero attached hydrogens (tertiary/aromatic N) is 3. The van der Waals surface area contributed by atoms with Crippen LogP contribution in [0.25, 0.3) is 0 Å². The highest BCUT2D eigenvalue weighted by molar-refractivity contribution is 5.95. The molecule has 2 rings (SSSR count). The Morgan fingerprint density at radius 3 is 2.59 bits per heavy atom. The van der Waals surface area contributed by atoms with E-state index >= 15 is 0 Å². The van der Waals surface area contributed by atoms with Gasteiger partial charge in [0.1, 0.15) is 0 Å². The summed E-state index contributed by atoms with van der Waals surface area (Å²) in [5, 5.41) is 5.93. The van der Waals surface area contributed by atoms with E-state index in [0.29, 0.717) is 6.54 Å². The van der Waals surface area contributed by atoms with Crippen LogP contribution in [0.4, 0.5) is 13.2 Å². The number of piperidine rings is 1. The van der Waals surface area contributed by atoms with Gasteiger partial charge in [-0.3, -0.25) is 14.4 Å². The zero-order chi connectivity index (χ0) is 16.3. The first-order chi connectivity index (χ1) is 10.3. The van der Waals surface area contributed by atoms with Gasteiger partial charge in [-0.1, -0.05) is 6.42 Å². The van der Waals surface area contributed by atoms with Crippen molar-refractivity contribution in [3.8, 4) is 0 Å². The van der Waals surface area contributed by atoms with Crippen LogP contribution in [0, 0.1) is 0 Å². The molecule has 5 nitrogen and oxygen atoms in total. The Morgan fingerprint density at radius 2 is 2.00 bits per heavy atom. The molecule has 1 saturated heterocycles. The van der Waals surface area contributed by atoms with Crippen LogP contribution in [-0.4, -0.2) is 46.3 Å². The molecule has 0 bridgehead atoms. The fraction of sp³-hybridized carbons (Fsp3) is 0.714. The molecule has 1 aliphatic rings. The highest BCUT2D eigenvalue weighted by atomic mass is 19.4. The number of likely N-dealkylation sites (tertiary alicyclic amines) is 1. The molecule has 0 aromatic carbocycles. The number of rotatable bonds is 4. The Balaban J connectivity index is 1.97. The summed E-state index contributed by atoms with van der Waals surface area (Å²) in [4.78, 5) is 14.3. The standard InChI is InChI=1S/C14H21F3N4O/c1-10(21-6-4-3-5-7-21)8-18-13(22)11-9-20(2)19-12(11)14(15,16)17/h9-10H,3-8H2,1-2H3,(H,18,22)/t10-/m1/s1. The predicted octanol–water partition coefficient (Wildman–Crippen LogP) is 2.04. The third kappa shape index (κ3) is 4.00. The molecule has 1 fully saturated rings. The number of nitrogens with one attached hydrogen (secondary N) is 1. The zero-order valence-electron chi connectivity index (χ0n) is 12.8. The monoisotopic (exact) mass is 318 g/mol. The molecule has 0 spiro atoms. The Kier molecular flexibility index (Phi) is 5.10. The van der Waals surface area contributed by atoms with Gasteiger partial charge < -0.3 is 5.32 Å². The molecule has 2 heterocycles. The van der Waals surface area contributed by atoms with E-state index in [1.165, 1.54) is 13.5 Å². The van der Waals surface area contributed by atoms with E-state index in [9.17, 15) is 18.0 Å². The van der Waals surface area contributed by atoms with Crippen molar-refractivity contribution in [3.63, 3.8) is 0 Å². The highest BCUT2D eigenvalue weighted by Gasteiger charge is 2.39. The van der Waals surface area contributed by atoms with Gasteiger partial charge in [0.05, 0.1) is 5.56 Å². The van der Waals surface area contributed by atoms with Gasteiger partial charge in [0.2, 0.25) is 0 Å². The fourth-order valence-electron chi connectivity index (χ4n) is 2.69. The van der Waals surface area contributed by atoms with Crippen LogP contribution in [0.1, 0.15) is 42.2 Å². The molecule has 0 radical (unpaired) electrons. The average molecular weight is 318 g/mol. The van der Waals surface area contributed by atoms with E-state index in [-0.39, 0.29) is 6.04 Å². The number of amides is 1. The number of aryl methyl sites for hydroxylation is 1. The van der Waals surface area contributed by atoms with Gasteiger partial charge in [0.15, 0.2) is 5.69 Å². The SMILES string of the molecule is C[C@H](CNC(=O)c1cn(C)nc1C(F)(F)F)N1CCCCC1. The molecule has 1 amide bonds. The Bertz CT molecular complexity index is 521. The molecule has 8 heteroatoms. The van der Waals surface area contributed by atoms with Gasteiger partial charge in [-0.25, -0.2) is 0 Å². The van der Waals surface area contributed by atoms with Crippen molar-refractivity contribution in [2.75, 3.05) is 19.6 Å². The zero-order valence-corrected chi connectivity index (χ0v) is 12.8. The van der Waals surface area contributed by atoms with Crippen LogP contribution in [0.3, 0.4) is 0 Å². The van der Waals surface area contributed by atoms with Crippen LogP contribution in [0.5, 0.6) is 0 Å². The largest absolute Gasteiger partial charge is 0.435 e. The molecule has 1 aromatic heterocycles. The van der Waals surface area contributed by atoms with Crippen LogP contribution in [-0.2, 0) is 13.2 Å². The number of aromatic nitrogens is 2. The molecule has 1 N–H and O–H groups in total. The van der Waals surface area contributed by atoms with E-state index in [0.717, 1.165) is 36.8 Å². The lowest BCUT2D eigenvalue weighted by Gasteiger charge is -2.32. The third-order valence-electron chi connectivity index (χ3n) is 3.91. The number of halogens is 3. The number of carbonyl (C=O) groups is 1. The van der Waals surface area contributed by atoms with Crippen molar-refractivity contribution >= 4 is 5.91 Å². The minimum atomic E-state index is -4.63. The Morgan fingerprint density at radius 1 is 1.36 bits per heavy atom. The topological polar surface area (TPSA) is 50.2 Å². The van der Waals surface area contributed by atoms with Crippen LogP contribution >= 0.6 is 0 Å². The van der Waals surface area contributed by atoms with E-state index < -0.39 is 23.3 Å². The maximum absolute atomic E-state index is 12.8. The second-order valence-corrected chi connectivity index (χ2v) is 5.72. The van der Waals surface area contributed by atoms with Gasteiger partial charge in [0.25, 0.3) is 5.91 Å². The third-order valence-corrected chi connectivity index (χ3v) is 3.91. The molecule has 0 saturated carbocycles. The lowest BCUT2D eigenvalue weighted by Crippen LogP contribution is -2.44. The summed E-state index contributed by atoms with van der Waals surface area (Å²) >= 11 is 0. The molecule has 1 aromatic rings. The number of hydrogen-bond donors (Lipinski definition) is 1. The van der Waals surface area contributed by atoms with Gasteiger partial charge >= 0.3 is 6.18 Å². The molecule has 1 atom stereocenters. The van der Waals surface area contributed by atoms with Gasteiger partial charge in [-0.15, -0.1) is 0 Å². The van der Waals surface area contributed by atoms with Gasteiger partial charge in [-0.05, 0) is 32.9 Å². The molecular weight excluding hydrogens is 297 g/mol. The number of hydrogen-bond acceptors (Lipinski definition) is 3. The highest BCUT2D eigenvalue weighted by Crippen LogP contribution is 2.30. The van der Waals surface area contributed by atoms with Crippen molar-refractivity contribution in [3.05, 3.63) is 17.5 Å². The summed E-state index contributed by atoms with van der Waals surface area (Å²) in [7, 11) is 1.36. The summed E-state index contributed by atoms with van der Waals surface area (Å²) in [6, 6.07) is 0.107. The minimum absolute atomic E-state index is 0.107. The quantitative estimate of drug-likeness (QED) is 0.924. The van der Waals surface area contributed by atoms with Gasteiger partial charge in [-0.2, -0.15) is 18.3 Å². The first-order valence-corrected chi connectivity index (χ1v) is 7.42. The fourth-order valence-corrected chi connectivity index (χ4v) is 2.69. The normalized spacial score (nSPS) is 18.2. The van der Waals surface area contributed by atoms with Crippen molar-refractivity contribution in [2.45, 2.75) is 38.4 Å². The lowest BCUT2D eigenvalue weighted by molar-refractivity contribution is -0.141. The maximum atomic E-state index is 12.8. The van der Waals surface area contributed by atoms with Crippen LogP contribution in [0.15, 0.2) is 6.20 Å².